The monoisotopic (exact) mass is 372 g/mol. The van der Waals surface area contributed by atoms with Gasteiger partial charge in [-0.3, -0.25) is 14.4 Å². The van der Waals surface area contributed by atoms with Gasteiger partial charge in [-0.1, -0.05) is 32.4 Å². The second kappa shape index (κ2) is 8.65. The quantitative estimate of drug-likeness (QED) is 0.842. The molecule has 27 heavy (non-hydrogen) atoms. The molecule has 146 valence electrons. The number of benzene rings is 1. The lowest BCUT2D eigenvalue weighted by Crippen LogP contribution is -2.41. The molecule has 6 heteroatoms. The van der Waals surface area contributed by atoms with Gasteiger partial charge in [0.1, 0.15) is 11.5 Å². The number of carbonyl (C=O) groups is 1. The standard InChI is InChI=1S/C21H29FN4O/c1-15(2)18-13-19(25(3)24-18)21(27)23-14-20(26-11-5-4-6-12-26)16-7-9-17(22)10-8-16/h7-10,13,15,20H,4-6,11-12,14H2,1-3H3,(H,23,27)/t20-/m1/s1. The number of piperidine rings is 1. The fraction of sp³-hybridized carbons (Fsp3) is 0.524. The third-order valence-electron chi connectivity index (χ3n) is 5.27. The molecule has 1 atom stereocenters. The predicted octanol–water partition coefficient (Wildman–Crippen LogP) is 3.64. The van der Waals surface area contributed by atoms with E-state index >= 15 is 0 Å². The highest BCUT2D eigenvalue weighted by atomic mass is 19.1. The molecule has 2 aromatic rings. The van der Waals surface area contributed by atoms with E-state index in [2.05, 4.69) is 29.2 Å². The first-order valence-corrected chi connectivity index (χ1v) is 9.77. The molecule has 1 aliphatic heterocycles. The fourth-order valence-corrected chi connectivity index (χ4v) is 3.64. The van der Waals surface area contributed by atoms with E-state index in [4.69, 9.17) is 0 Å². The molecule has 1 amide bonds. The van der Waals surface area contributed by atoms with Crippen molar-refractivity contribution >= 4 is 5.91 Å². The molecule has 1 aromatic heterocycles. The molecule has 1 aromatic carbocycles. The molecule has 0 aliphatic carbocycles. The summed E-state index contributed by atoms with van der Waals surface area (Å²) in [7, 11) is 1.79. The van der Waals surface area contributed by atoms with Crippen LogP contribution in [0.5, 0.6) is 0 Å². The van der Waals surface area contributed by atoms with E-state index in [1.165, 1.54) is 18.6 Å². The SMILES string of the molecule is CC(C)c1cc(C(=O)NC[C@H](c2ccc(F)cc2)N2CCCCC2)n(C)n1. The zero-order valence-electron chi connectivity index (χ0n) is 16.4. The first-order chi connectivity index (χ1) is 13.0. The summed E-state index contributed by atoms with van der Waals surface area (Å²) in [5.74, 6) is -0.0876. The molecule has 0 spiro atoms. The third-order valence-corrected chi connectivity index (χ3v) is 5.27. The number of rotatable bonds is 6. The molecular weight excluding hydrogens is 343 g/mol. The van der Waals surface area contributed by atoms with Gasteiger partial charge in [-0.15, -0.1) is 0 Å². The van der Waals surface area contributed by atoms with Crippen molar-refractivity contribution < 1.29 is 9.18 Å². The summed E-state index contributed by atoms with van der Waals surface area (Å²) in [5.41, 5.74) is 2.51. The van der Waals surface area contributed by atoms with Crippen LogP contribution in [0.25, 0.3) is 0 Å². The van der Waals surface area contributed by atoms with Crippen molar-refractivity contribution in [3.05, 3.63) is 53.1 Å². The van der Waals surface area contributed by atoms with Crippen LogP contribution in [0.3, 0.4) is 0 Å². The molecule has 0 bridgehead atoms. The van der Waals surface area contributed by atoms with Gasteiger partial charge >= 0.3 is 0 Å². The molecular formula is C21H29FN4O. The average Bonchev–Trinajstić information content (AvgIpc) is 3.06. The summed E-state index contributed by atoms with van der Waals surface area (Å²) in [6.07, 6.45) is 3.56. The van der Waals surface area contributed by atoms with Crippen molar-refractivity contribution in [2.24, 2.45) is 7.05 Å². The maximum atomic E-state index is 13.3. The highest BCUT2D eigenvalue weighted by Crippen LogP contribution is 2.24. The Balaban J connectivity index is 1.74. The van der Waals surface area contributed by atoms with Gasteiger partial charge in [-0.2, -0.15) is 5.10 Å². The van der Waals surface area contributed by atoms with Gasteiger partial charge in [0, 0.05) is 13.6 Å². The van der Waals surface area contributed by atoms with E-state index in [9.17, 15) is 9.18 Å². The Morgan fingerprint density at radius 2 is 1.85 bits per heavy atom. The largest absolute Gasteiger partial charge is 0.349 e. The molecule has 0 unspecified atom stereocenters. The van der Waals surface area contributed by atoms with Gasteiger partial charge in [0.2, 0.25) is 0 Å². The first-order valence-electron chi connectivity index (χ1n) is 9.77. The number of nitrogens with one attached hydrogen (secondary N) is 1. The van der Waals surface area contributed by atoms with E-state index < -0.39 is 0 Å². The molecule has 3 rings (SSSR count). The zero-order chi connectivity index (χ0) is 19.4. The van der Waals surface area contributed by atoms with Gasteiger partial charge in [0.05, 0.1) is 11.7 Å². The normalized spacial score (nSPS) is 16.5. The van der Waals surface area contributed by atoms with Crippen LogP contribution in [-0.4, -0.2) is 40.2 Å². The Morgan fingerprint density at radius 1 is 1.19 bits per heavy atom. The second-order valence-electron chi connectivity index (χ2n) is 7.61. The van der Waals surface area contributed by atoms with E-state index in [0.29, 0.717) is 12.2 Å². The van der Waals surface area contributed by atoms with Gasteiger partial charge in [-0.05, 0) is 55.6 Å². The molecule has 1 fully saturated rings. The fourth-order valence-electron chi connectivity index (χ4n) is 3.64. The van der Waals surface area contributed by atoms with Gasteiger partial charge < -0.3 is 5.32 Å². The minimum Gasteiger partial charge on any atom is -0.349 e. The maximum Gasteiger partial charge on any atom is 0.269 e. The highest BCUT2D eigenvalue weighted by molar-refractivity contribution is 5.92. The molecule has 0 radical (unpaired) electrons. The second-order valence-corrected chi connectivity index (χ2v) is 7.61. The number of carbonyl (C=O) groups excluding carboxylic acids is 1. The Labute approximate surface area is 160 Å². The van der Waals surface area contributed by atoms with E-state index in [1.807, 2.05) is 18.2 Å². The lowest BCUT2D eigenvalue weighted by atomic mass is 10.0. The molecule has 5 nitrogen and oxygen atoms in total. The number of aryl methyl sites for hydroxylation is 1. The molecule has 1 N–H and O–H groups in total. The lowest BCUT2D eigenvalue weighted by molar-refractivity contribution is 0.0915. The number of likely N-dealkylation sites (tertiary alicyclic amines) is 1. The van der Waals surface area contributed by atoms with Crippen molar-refractivity contribution in [2.45, 2.75) is 45.1 Å². The maximum absolute atomic E-state index is 13.3. The predicted molar refractivity (Wildman–Crippen MR) is 104 cm³/mol. The number of hydrogen-bond acceptors (Lipinski definition) is 3. The third kappa shape index (κ3) is 4.75. The lowest BCUT2D eigenvalue weighted by Gasteiger charge is -2.35. The summed E-state index contributed by atoms with van der Waals surface area (Å²) >= 11 is 0. The van der Waals surface area contributed by atoms with Gasteiger partial charge in [0.25, 0.3) is 5.91 Å². The van der Waals surface area contributed by atoms with E-state index in [1.54, 1.807) is 11.7 Å². The van der Waals surface area contributed by atoms with Crippen LogP contribution in [0.4, 0.5) is 4.39 Å². The summed E-state index contributed by atoms with van der Waals surface area (Å²) in [6.45, 7) is 6.62. The van der Waals surface area contributed by atoms with Crippen molar-refractivity contribution in [1.29, 1.82) is 0 Å². The van der Waals surface area contributed by atoms with Crippen LogP contribution in [0.15, 0.2) is 30.3 Å². The van der Waals surface area contributed by atoms with Gasteiger partial charge in [0.15, 0.2) is 0 Å². The average molecular weight is 372 g/mol. The van der Waals surface area contributed by atoms with Crippen LogP contribution in [0, 0.1) is 5.82 Å². The van der Waals surface area contributed by atoms with Crippen LogP contribution < -0.4 is 5.32 Å². The molecule has 0 saturated carbocycles. The highest BCUT2D eigenvalue weighted by Gasteiger charge is 2.24. The zero-order valence-corrected chi connectivity index (χ0v) is 16.4. The summed E-state index contributed by atoms with van der Waals surface area (Å²) in [5, 5.41) is 7.49. The van der Waals surface area contributed by atoms with Crippen molar-refractivity contribution in [3.63, 3.8) is 0 Å². The van der Waals surface area contributed by atoms with E-state index in [0.717, 1.165) is 37.2 Å². The number of amides is 1. The van der Waals surface area contributed by atoms with Crippen LogP contribution in [0.2, 0.25) is 0 Å². The summed E-state index contributed by atoms with van der Waals surface area (Å²) in [6, 6.07) is 8.53. The Kier molecular flexibility index (Phi) is 6.26. The smallest absolute Gasteiger partial charge is 0.269 e. The first kappa shape index (κ1) is 19.5. The Hall–Kier alpha value is -2.21. The molecule has 2 heterocycles. The Bertz CT molecular complexity index is 763. The minimum atomic E-state index is -0.240. The van der Waals surface area contributed by atoms with E-state index in [-0.39, 0.29) is 23.7 Å². The van der Waals surface area contributed by atoms with Crippen molar-refractivity contribution in [1.82, 2.24) is 20.0 Å². The summed E-state index contributed by atoms with van der Waals surface area (Å²) in [4.78, 5) is 15.1. The minimum absolute atomic E-state index is 0.0487. The van der Waals surface area contributed by atoms with Gasteiger partial charge in [-0.25, -0.2) is 4.39 Å². The number of halogens is 1. The number of hydrogen-bond donors (Lipinski definition) is 1. The Morgan fingerprint density at radius 3 is 2.44 bits per heavy atom. The van der Waals surface area contributed by atoms with Crippen LogP contribution in [0.1, 0.15) is 66.8 Å². The number of nitrogens with zero attached hydrogens (tertiary/aromatic N) is 3. The van der Waals surface area contributed by atoms with Crippen LogP contribution in [-0.2, 0) is 7.05 Å². The van der Waals surface area contributed by atoms with Crippen molar-refractivity contribution in [2.75, 3.05) is 19.6 Å². The molecule has 1 aliphatic rings. The van der Waals surface area contributed by atoms with Crippen molar-refractivity contribution in [3.8, 4) is 0 Å². The molecule has 1 saturated heterocycles. The summed E-state index contributed by atoms with van der Waals surface area (Å²) < 4.78 is 15.0. The number of aromatic nitrogens is 2. The topological polar surface area (TPSA) is 50.2 Å². The van der Waals surface area contributed by atoms with Crippen LogP contribution >= 0.6 is 0 Å².